The van der Waals surface area contributed by atoms with E-state index < -0.39 is 0 Å². The van der Waals surface area contributed by atoms with E-state index in [9.17, 15) is 4.39 Å². The first-order valence-corrected chi connectivity index (χ1v) is 5.35. The van der Waals surface area contributed by atoms with Crippen molar-refractivity contribution in [1.82, 2.24) is 5.32 Å². The molecule has 80 valence electrons. The summed E-state index contributed by atoms with van der Waals surface area (Å²) in [5, 5.41) is 3.28. The van der Waals surface area contributed by atoms with Gasteiger partial charge in [0.2, 0.25) is 0 Å². The maximum Gasteiger partial charge on any atom is 0.123 e. The van der Waals surface area contributed by atoms with Crippen LogP contribution in [0.5, 0.6) is 0 Å². The van der Waals surface area contributed by atoms with Crippen molar-refractivity contribution in [2.75, 3.05) is 13.1 Å². The van der Waals surface area contributed by atoms with Gasteiger partial charge in [0.1, 0.15) is 11.7 Å². The SMILES string of the molecule is CCC(C1=NCCN1)c1ccc(F)cc1. The molecule has 1 N–H and O–H groups in total. The number of benzene rings is 1. The molecule has 1 aromatic carbocycles. The van der Waals surface area contributed by atoms with Gasteiger partial charge in [0.05, 0.1) is 6.54 Å². The van der Waals surface area contributed by atoms with E-state index >= 15 is 0 Å². The Hall–Kier alpha value is -1.38. The average Bonchev–Trinajstić information content (AvgIpc) is 2.75. The van der Waals surface area contributed by atoms with Gasteiger partial charge in [0.15, 0.2) is 0 Å². The van der Waals surface area contributed by atoms with E-state index in [-0.39, 0.29) is 11.7 Å². The Labute approximate surface area is 89.2 Å². The molecule has 15 heavy (non-hydrogen) atoms. The molecule has 2 nitrogen and oxygen atoms in total. The van der Waals surface area contributed by atoms with Gasteiger partial charge < -0.3 is 5.32 Å². The summed E-state index contributed by atoms with van der Waals surface area (Å²) in [7, 11) is 0. The normalized spacial score (nSPS) is 17.1. The molecule has 1 aromatic rings. The number of hydrogen-bond donors (Lipinski definition) is 1. The van der Waals surface area contributed by atoms with Gasteiger partial charge in [-0.15, -0.1) is 0 Å². The molecule has 0 amide bonds. The van der Waals surface area contributed by atoms with Gasteiger partial charge in [-0.25, -0.2) is 4.39 Å². The highest BCUT2D eigenvalue weighted by Gasteiger charge is 2.18. The minimum atomic E-state index is -0.185. The van der Waals surface area contributed by atoms with Gasteiger partial charge in [0, 0.05) is 12.5 Å². The first kappa shape index (κ1) is 10.1. The summed E-state index contributed by atoms with van der Waals surface area (Å²) in [5.41, 5.74) is 1.13. The minimum absolute atomic E-state index is 0.185. The summed E-state index contributed by atoms with van der Waals surface area (Å²) in [4.78, 5) is 4.42. The molecule has 0 aromatic heterocycles. The second-order valence-corrected chi connectivity index (χ2v) is 3.71. The van der Waals surface area contributed by atoms with Crippen molar-refractivity contribution in [2.24, 2.45) is 4.99 Å². The van der Waals surface area contributed by atoms with Gasteiger partial charge in [-0.05, 0) is 24.1 Å². The fraction of sp³-hybridized carbons (Fsp3) is 0.417. The highest BCUT2D eigenvalue weighted by atomic mass is 19.1. The van der Waals surface area contributed by atoms with E-state index in [1.54, 1.807) is 0 Å². The predicted octanol–water partition coefficient (Wildman–Crippen LogP) is 2.32. The van der Waals surface area contributed by atoms with Crippen molar-refractivity contribution in [2.45, 2.75) is 19.3 Å². The van der Waals surface area contributed by atoms with Crippen molar-refractivity contribution in [3.8, 4) is 0 Å². The summed E-state index contributed by atoms with van der Waals surface area (Å²) in [6.07, 6.45) is 0.984. The van der Waals surface area contributed by atoms with Gasteiger partial charge in [-0.3, -0.25) is 4.99 Å². The van der Waals surface area contributed by atoms with Crippen LogP contribution in [0.15, 0.2) is 29.3 Å². The van der Waals surface area contributed by atoms with Crippen molar-refractivity contribution < 1.29 is 4.39 Å². The highest BCUT2D eigenvalue weighted by molar-refractivity contribution is 5.90. The molecule has 0 fully saturated rings. The van der Waals surface area contributed by atoms with Crippen LogP contribution >= 0.6 is 0 Å². The third kappa shape index (κ3) is 2.17. The molecular weight excluding hydrogens is 191 g/mol. The number of nitrogens with zero attached hydrogens (tertiary/aromatic N) is 1. The standard InChI is InChI=1S/C12H15FN2/c1-2-11(12-14-7-8-15-12)9-3-5-10(13)6-4-9/h3-6,11H,2,7-8H2,1H3,(H,14,15). The van der Waals surface area contributed by atoms with Gasteiger partial charge in [-0.1, -0.05) is 19.1 Å². The molecule has 3 heteroatoms. The van der Waals surface area contributed by atoms with Crippen molar-refractivity contribution in [3.05, 3.63) is 35.6 Å². The molecule has 1 aliphatic rings. The second-order valence-electron chi connectivity index (χ2n) is 3.71. The number of hydrogen-bond acceptors (Lipinski definition) is 2. The molecule has 2 rings (SSSR count). The Morgan fingerprint density at radius 1 is 1.40 bits per heavy atom. The summed E-state index contributed by atoms with van der Waals surface area (Å²) in [6.45, 7) is 3.90. The van der Waals surface area contributed by atoms with E-state index in [2.05, 4.69) is 17.2 Å². The number of amidine groups is 1. The predicted molar refractivity (Wildman–Crippen MR) is 59.7 cm³/mol. The monoisotopic (exact) mass is 206 g/mol. The fourth-order valence-electron chi connectivity index (χ4n) is 1.93. The van der Waals surface area contributed by atoms with Crippen molar-refractivity contribution >= 4 is 5.84 Å². The van der Waals surface area contributed by atoms with E-state index in [1.807, 2.05) is 12.1 Å². The second kappa shape index (κ2) is 4.43. The van der Waals surface area contributed by atoms with Gasteiger partial charge in [-0.2, -0.15) is 0 Å². The maximum absolute atomic E-state index is 12.8. The van der Waals surface area contributed by atoms with Crippen LogP contribution < -0.4 is 5.32 Å². The molecule has 0 saturated heterocycles. The van der Waals surface area contributed by atoms with Crippen LogP contribution in [0.2, 0.25) is 0 Å². The molecule has 0 radical (unpaired) electrons. The van der Waals surface area contributed by atoms with Crippen LogP contribution in [0.3, 0.4) is 0 Å². The molecular formula is C12H15FN2. The third-order valence-electron chi connectivity index (χ3n) is 2.71. The lowest BCUT2D eigenvalue weighted by molar-refractivity contribution is 0.626. The lowest BCUT2D eigenvalue weighted by Crippen LogP contribution is -2.25. The Bertz CT molecular complexity index is 356. The molecule has 1 unspecified atom stereocenters. The Morgan fingerprint density at radius 3 is 2.67 bits per heavy atom. The van der Waals surface area contributed by atoms with Gasteiger partial charge in [0.25, 0.3) is 0 Å². The van der Waals surface area contributed by atoms with E-state index in [1.165, 1.54) is 12.1 Å². The zero-order valence-electron chi connectivity index (χ0n) is 8.83. The Morgan fingerprint density at radius 2 is 2.13 bits per heavy atom. The molecule has 0 saturated carbocycles. The van der Waals surface area contributed by atoms with Crippen LogP contribution in [-0.4, -0.2) is 18.9 Å². The van der Waals surface area contributed by atoms with Crippen LogP contribution in [0.1, 0.15) is 24.8 Å². The minimum Gasteiger partial charge on any atom is -0.371 e. The number of halogens is 1. The smallest absolute Gasteiger partial charge is 0.123 e. The van der Waals surface area contributed by atoms with E-state index in [4.69, 9.17) is 0 Å². The molecule has 0 spiro atoms. The zero-order chi connectivity index (χ0) is 10.7. The summed E-state index contributed by atoms with van der Waals surface area (Å²) < 4.78 is 12.8. The fourth-order valence-corrected chi connectivity index (χ4v) is 1.93. The molecule has 1 atom stereocenters. The average molecular weight is 206 g/mol. The quantitative estimate of drug-likeness (QED) is 0.806. The van der Waals surface area contributed by atoms with Crippen LogP contribution in [0.25, 0.3) is 0 Å². The molecule has 1 aliphatic heterocycles. The topological polar surface area (TPSA) is 24.4 Å². The lowest BCUT2D eigenvalue weighted by Gasteiger charge is -2.15. The number of rotatable bonds is 3. The summed E-state index contributed by atoms with van der Waals surface area (Å²) >= 11 is 0. The third-order valence-corrected chi connectivity index (χ3v) is 2.71. The maximum atomic E-state index is 12.8. The highest BCUT2D eigenvalue weighted by Crippen LogP contribution is 2.21. The summed E-state index contributed by atoms with van der Waals surface area (Å²) in [6, 6.07) is 6.69. The van der Waals surface area contributed by atoms with Crippen molar-refractivity contribution in [1.29, 1.82) is 0 Å². The lowest BCUT2D eigenvalue weighted by atomic mass is 9.95. The van der Waals surface area contributed by atoms with E-state index in [0.717, 1.165) is 30.9 Å². The Kier molecular flexibility index (Phi) is 2.99. The Balaban J connectivity index is 2.22. The number of nitrogens with one attached hydrogen (secondary N) is 1. The van der Waals surface area contributed by atoms with Crippen LogP contribution in [0, 0.1) is 5.82 Å². The number of aliphatic imine (C=N–C) groups is 1. The first-order chi connectivity index (χ1) is 7.31. The summed E-state index contributed by atoms with van der Waals surface area (Å²) in [5.74, 6) is 1.15. The van der Waals surface area contributed by atoms with Gasteiger partial charge >= 0.3 is 0 Å². The van der Waals surface area contributed by atoms with Crippen molar-refractivity contribution in [3.63, 3.8) is 0 Å². The molecule has 0 aliphatic carbocycles. The van der Waals surface area contributed by atoms with E-state index in [0.29, 0.717) is 0 Å². The van der Waals surface area contributed by atoms with Crippen LogP contribution in [0.4, 0.5) is 4.39 Å². The molecule has 1 heterocycles. The largest absolute Gasteiger partial charge is 0.371 e. The molecule has 0 bridgehead atoms. The zero-order valence-corrected chi connectivity index (χ0v) is 8.83. The van der Waals surface area contributed by atoms with Crippen LogP contribution in [-0.2, 0) is 0 Å². The first-order valence-electron chi connectivity index (χ1n) is 5.35.